The number of ether oxygens (including phenoxy) is 1. The summed E-state index contributed by atoms with van der Waals surface area (Å²) < 4.78 is 19.9. The molecule has 1 aliphatic rings. The quantitative estimate of drug-likeness (QED) is 0.435. The first kappa shape index (κ1) is 25.1. The number of hydrogen-bond acceptors (Lipinski definition) is 5. The van der Waals surface area contributed by atoms with Crippen molar-refractivity contribution in [1.29, 1.82) is 0 Å². The molecule has 186 valence electrons. The maximum absolute atomic E-state index is 14.4. The molecule has 4 rings (SSSR count). The number of anilines is 1. The first-order valence-corrected chi connectivity index (χ1v) is 11.9. The Morgan fingerprint density at radius 3 is 2.58 bits per heavy atom. The number of carbonyl (C=O) groups excluding carboxylic acids is 2. The van der Waals surface area contributed by atoms with Gasteiger partial charge in [-0.2, -0.15) is 0 Å². The maximum Gasteiger partial charge on any atom is 0.248 e. The van der Waals surface area contributed by atoms with Gasteiger partial charge in [-0.1, -0.05) is 18.2 Å². The lowest BCUT2D eigenvalue weighted by Gasteiger charge is -2.30. The Morgan fingerprint density at radius 1 is 1.14 bits per heavy atom. The molecule has 3 N–H and O–H groups in total. The molecule has 2 aromatic carbocycles. The van der Waals surface area contributed by atoms with Crippen molar-refractivity contribution in [2.75, 3.05) is 25.0 Å². The maximum atomic E-state index is 14.4. The van der Waals surface area contributed by atoms with Crippen molar-refractivity contribution in [3.63, 3.8) is 0 Å². The van der Waals surface area contributed by atoms with Crippen LogP contribution in [-0.2, 0) is 16.0 Å². The van der Waals surface area contributed by atoms with Crippen LogP contribution in [0.3, 0.4) is 0 Å². The highest BCUT2D eigenvalue weighted by molar-refractivity contribution is 6.01. The average Bonchev–Trinajstić information content (AvgIpc) is 2.89. The van der Waals surface area contributed by atoms with Gasteiger partial charge < -0.3 is 20.7 Å². The molecule has 0 spiro atoms. The highest BCUT2D eigenvalue weighted by Crippen LogP contribution is 2.25. The monoisotopic (exact) mass is 488 g/mol. The van der Waals surface area contributed by atoms with Crippen LogP contribution in [0.1, 0.15) is 24.0 Å². The lowest BCUT2D eigenvalue weighted by atomic mass is 9.96. The summed E-state index contributed by atoms with van der Waals surface area (Å²) in [6.07, 6.45) is 8.55. The smallest absolute Gasteiger partial charge is 0.248 e. The molecule has 1 aliphatic heterocycles. The standard InChI is InChI=1S/C28H29FN4O3/c29-25-18-21(5-9-26(25)36-24-2-1-14-31-19-24)6-10-27(34)32-23-7-3-20(4-8-23)11-15-33-16-12-22(13-17-33)28(30)35/h1-10,14,18-19,22H,11-13,15-17H2,(H2,30,35)(H,32,34)/b10-6+. The van der Waals surface area contributed by atoms with Gasteiger partial charge in [0.1, 0.15) is 5.75 Å². The molecular formula is C28H29FN4O3. The van der Waals surface area contributed by atoms with Crippen molar-refractivity contribution in [2.24, 2.45) is 11.7 Å². The Hall–Kier alpha value is -4.04. The molecule has 0 unspecified atom stereocenters. The fourth-order valence-corrected chi connectivity index (χ4v) is 4.08. The van der Waals surface area contributed by atoms with Crippen molar-refractivity contribution in [3.8, 4) is 11.5 Å². The first-order valence-electron chi connectivity index (χ1n) is 11.9. The zero-order valence-corrected chi connectivity index (χ0v) is 19.9. The van der Waals surface area contributed by atoms with Gasteiger partial charge in [-0.25, -0.2) is 4.39 Å². The number of amides is 2. The number of hydrogen-bond donors (Lipinski definition) is 2. The number of pyridine rings is 1. The van der Waals surface area contributed by atoms with Gasteiger partial charge >= 0.3 is 0 Å². The van der Waals surface area contributed by atoms with Gasteiger partial charge in [0.25, 0.3) is 0 Å². The summed E-state index contributed by atoms with van der Waals surface area (Å²) in [5, 5.41) is 2.81. The number of aromatic nitrogens is 1. The zero-order valence-electron chi connectivity index (χ0n) is 19.9. The van der Waals surface area contributed by atoms with Crippen LogP contribution < -0.4 is 15.8 Å². The van der Waals surface area contributed by atoms with Gasteiger partial charge in [0.2, 0.25) is 11.8 Å². The van der Waals surface area contributed by atoms with Gasteiger partial charge in [0.15, 0.2) is 11.6 Å². The molecule has 7 nitrogen and oxygen atoms in total. The molecule has 0 aliphatic carbocycles. The summed E-state index contributed by atoms with van der Waals surface area (Å²) in [6.45, 7) is 2.69. The largest absolute Gasteiger partial charge is 0.453 e. The van der Waals surface area contributed by atoms with Crippen LogP contribution >= 0.6 is 0 Å². The molecule has 0 radical (unpaired) electrons. The Balaban J connectivity index is 1.23. The number of likely N-dealkylation sites (tertiary alicyclic amines) is 1. The Labute approximate surface area is 209 Å². The van der Waals surface area contributed by atoms with Gasteiger partial charge in [-0.05, 0) is 86.0 Å². The predicted molar refractivity (Wildman–Crippen MR) is 137 cm³/mol. The number of rotatable bonds is 9. The molecule has 3 aromatic rings. The van der Waals surface area contributed by atoms with E-state index < -0.39 is 5.82 Å². The lowest BCUT2D eigenvalue weighted by Crippen LogP contribution is -2.39. The van der Waals surface area contributed by atoms with E-state index in [0.29, 0.717) is 17.0 Å². The molecule has 1 aromatic heterocycles. The van der Waals surface area contributed by atoms with E-state index in [9.17, 15) is 14.0 Å². The van der Waals surface area contributed by atoms with Crippen LogP contribution in [0.2, 0.25) is 0 Å². The molecule has 0 atom stereocenters. The number of nitrogens with zero attached hydrogens (tertiary/aromatic N) is 2. The van der Waals surface area contributed by atoms with Crippen molar-refractivity contribution >= 4 is 23.6 Å². The molecule has 2 amide bonds. The Kier molecular flexibility index (Phi) is 8.41. The van der Waals surface area contributed by atoms with Crippen LogP contribution in [0.5, 0.6) is 11.5 Å². The molecule has 0 bridgehead atoms. The fraction of sp³-hybridized carbons (Fsp3) is 0.250. The van der Waals surface area contributed by atoms with Crippen molar-refractivity contribution in [1.82, 2.24) is 9.88 Å². The number of carbonyl (C=O) groups is 2. The minimum atomic E-state index is -0.533. The Bertz CT molecular complexity index is 1210. The van der Waals surface area contributed by atoms with Crippen LogP contribution in [0.15, 0.2) is 73.1 Å². The van der Waals surface area contributed by atoms with E-state index in [2.05, 4.69) is 15.2 Å². The van der Waals surface area contributed by atoms with Crippen LogP contribution in [0.4, 0.5) is 10.1 Å². The van der Waals surface area contributed by atoms with Crippen LogP contribution in [-0.4, -0.2) is 41.3 Å². The van der Waals surface area contributed by atoms with Gasteiger partial charge in [-0.3, -0.25) is 14.6 Å². The highest BCUT2D eigenvalue weighted by atomic mass is 19.1. The average molecular weight is 489 g/mol. The van der Waals surface area contributed by atoms with E-state index in [-0.39, 0.29) is 23.5 Å². The van der Waals surface area contributed by atoms with E-state index in [1.54, 1.807) is 30.5 Å². The first-order chi connectivity index (χ1) is 17.5. The van der Waals surface area contributed by atoms with Gasteiger partial charge in [-0.15, -0.1) is 0 Å². The second-order valence-electron chi connectivity index (χ2n) is 8.77. The lowest BCUT2D eigenvalue weighted by molar-refractivity contribution is -0.123. The number of piperidine rings is 1. The van der Waals surface area contributed by atoms with E-state index in [4.69, 9.17) is 10.5 Å². The van der Waals surface area contributed by atoms with E-state index >= 15 is 0 Å². The summed E-state index contributed by atoms with van der Waals surface area (Å²) in [7, 11) is 0. The molecule has 36 heavy (non-hydrogen) atoms. The third kappa shape index (κ3) is 7.23. The molecule has 1 saturated heterocycles. The molecular weight excluding hydrogens is 459 g/mol. The van der Waals surface area contributed by atoms with E-state index in [0.717, 1.165) is 38.9 Å². The number of benzene rings is 2. The van der Waals surface area contributed by atoms with Crippen molar-refractivity contribution in [2.45, 2.75) is 19.3 Å². The summed E-state index contributed by atoms with van der Waals surface area (Å²) in [5.41, 5.74) is 7.79. The highest BCUT2D eigenvalue weighted by Gasteiger charge is 2.22. The molecule has 8 heteroatoms. The van der Waals surface area contributed by atoms with Crippen LogP contribution in [0, 0.1) is 11.7 Å². The van der Waals surface area contributed by atoms with E-state index in [1.165, 1.54) is 30.0 Å². The number of halogens is 1. The predicted octanol–water partition coefficient (Wildman–Crippen LogP) is 4.40. The number of primary amides is 1. The molecule has 2 heterocycles. The topological polar surface area (TPSA) is 97.6 Å². The fourth-order valence-electron chi connectivity index (χ4n) is 4.08. The number of nitrogens with one attached hydrogen (secondary N) is 1. The Morgan fingerprint density at radius 2 is 1.92 bits per heavy atom. The van der Waals surface area contributed by atoms with Crippen molar-refractivity contribution in [3.05, 3.63) is 90.0 Å². The van der Waals surface area contributed by atoms with Gasteiger partial charge in [0, 0.05) is 30.4 Å². The summed E-state index contributed by atoms with van der Waals surface area (Å²) in [4.78, 5) is 29.9. The van der Waals surface area contributed by atoms with Gasteiger partial charge in [0.05, 0.1) is 6.20 Å². The minimum Gasteiger partial charge on any atom is -0.453 e. The zero-order chi connectivity index (χ0) is 25.3. The summed E-state index contributed by atoms with van der Waals surface area (Å²) in [6, 6.07) is 15.6. The third-order valence-electron chi connectivity index (χ3n) is 6.17. The second-order valence-corrected chi connectivity index (χ2v) is 8.77. The normalized spacial score (nSPS) is 14.6. The third-order valence-corrected chi connectivity index (χ3v) is 6.17. The molecule has 1 fully saturated rings. The number of nitrogens with two attached hydrogens (primary N) is 1. The summed E-state index contributed by atoms with van der Waals surface area (Å²) >= 11 is 0. The van der Waals surface area contributed by atoms with Crippen molar-refractivity contribution < 1.29 is 18.7 Å². The molecule has 0 saturated carbocycles. The van der Waals surface area contributed by atoms with E-state index in [1.807, 2.05) is 24.3 Å². The SMILES string of the molecule is NC(=O)C1CCN(CCc2ccc(NC(=O)/C=C/c3ccc(Oc4cccnc4)c(F)c3)cc2)CC1. The van der Waals surface area contributed by atoms with Crippen LogP contribution in [0.25, 0.3) is 6.08 Å². The second kappa shape index (κ2) is 12.1. The summed E-state index contributed by atoms with van der Waals surface area (Å²) in [5.74, 6) is -0.512. The minimum absolute atomic E-state index is 0.00278.